The summed E-state index contributed by atoms with van der Waals surface area (Å²) in [5.41, 5.74) is 11.8. The number of carbonyl (C=O) groups is 2. The molecule has 2 rings (SSSR count). The van der Waals surface area contributed by atoms with Gasteiger partial charge < -0.3 is 22.1 Å². The standard InChI is InChI=1S/C14H22N4O2S/c1-3-7(4-2)18-14-9(12(16)19)10(15)11(21-14)13(20)17-8-5-6-8/h7-8,18H,3-6,15H2,1-2H3,(H2,16,19)(H,17,20). The van der Waals surface area contributed by atoms with Crippen LogP contribution in [-0.4, -0.2) is 23.9 Å². The van der Waals surface area contributed by atoms with Crippen LogP contribution in [0.4, 0.5) is 10.7 Å². The molecule has 0 aliphatic heterocycles. The first-order chi connectivity index (χ1) is 9.97. The van der Waals surface area contributed by atoms with E-state index in [0.29, 0.717) is 9.88 Å². The highest BCUT2D eigenvalue weighted by Gasteiger charge is 2.29. The van der Waals surface area contributed by atoms with Gasteiger partial charge >= 0.3 is 0 Å². The molecule has 7 heteroatoms. The molecule has 6 N–H and O–H groups in total. The number of anilines is 2. The number of rotatable bonds is 7. The maximum absolute atomic E-state index is 12.2. The van der Waals surface area contributed by atoms with Crippen LogP contribution in [0.15, 0.2) is 0 Å². The van der Waals surface area contributed by atoms with Gasteiger partial charge in [0, 0.05) is 12.1 Å². The molecule has 0 unspecified atom stereocenters. The lowest BCUT2D eigenvalue weighted by atomic mass is 10.1. The Balaban J connectivity index is 2.29. The smallest absolute Gasteiger partial charge is 0.263 e. The van der Waals surface area contributed by atoms with Gasteiger partial charge in [0.05, 0.1) is 11.3 Å². The quantitative estimate of drug-likeness (QED) is 0.616. The van der Waals surface area contributed by atoms with Gasteiger partial charge in [0.15, 0.2) is 0 Å². The molecule has 1 aliphatic rings. The van der Waals surface area contributed by atoms with Crippen LogP contribution in [-0.2, 0) is 0 Å². The Morgan fingerprint density at radius 3 is 2.43 bits per heavy atom. The molecule has 1 aromatic rings. The molecule has 1 aromatic heterocycles. The number of nitrogens with one attached hydrogen (secondary N) is 2. The van der Waals surface area contributed by atoms with Gasteiger partial charge in [0.2, 0.25) is 0 Å². The summed E-state index contributed by atoms with van der Waals surface area (Å²) in [5.74, 6) is -0.831. The minimum absolute atomic E-state index is 0.180. The molecule has 2 amide bonds. The van der Waals surface area contributed by atoms with Crippen molar-refractivity contribution < 1.29 is 9.59 Å². The molecule has 1 saturated carbocycles. The van der Waals surface area contributed by atoms with Crippen LogP contribution in [0.2, 0.25) is 0 Å². The van der Waals surface area contributed by atoms with E-state index >= 15 is 0 Å². The van der Waals surface area contributed by atoms with E-state index < -0.39 is 5.91 Å². The number of primary amides is 1. The van der Waals surface area contributed by atoms with Crippen LogP contribution in [0.25, 0.3) is 0 Å². The van der Waals surface area contributed by atoms with Gasteiger partial charge in [-0.25, -0.2) is 0 Å². The molecule has 21 heavy (non-hydrogen) atoms. The summed E-state index contributed by atoms with van der Waals surface area (Å²) in [6.07, 6.45) is 3.82. The van der Waals surface area contributed by atoms with E-state index in [1.165, 1.54) is 11.3 Å². The van der Waals surface area contributed by atoms with Crippen molar-refractivity contribution in [1.82, 2.24) is 5.32 Å². The maximum atomic E-state index is 12.2. The van der Waals surface area contributed by atoms with E-state index in [9.17, 15) is 9.59 Å². The number of amides is 2. The molecule has 1 aliphatic carbocycles. The van der Waals surface area contributed by atoms with Crippen LogP contribution in [0.1, 0.15) is 59.6 Å². The fourth-order valence-corrected chi connectivity index (χ4v) is 3.22. The first-order valence-electron chi connectivity index (χ1n) is 7.27. The summed E-state index contributed by atoms with van der Waals surface area (Å²) in [5, 5.41) is 6.75. The lowest BCUT2D eigenvalue weighted by Gasteiger charge is -2.15. The summed E-state index contributed by atoms with van der Waals surface area (Å²) in [4.78, 5) is 24.2. The summed E-state index contributed by atoms with van der Waals surface area (Å²) < 4.78 is 0. The van der Waals surface area contributed by atoms with Gasteiger partial charge in [-0.1, -0.05) is 13.8 Å². The third kappa shape index (κ3) is 3.47. The highest BCUT2D eigenvalue weighted by Crippen LogP contribution is 2.36. The Bertz CT molecular complexity index is 547. The molecule has 1 heterocycles. The zero-order valence-corrected chi connectivity index (χ0v) is 13.2. The fourth-order valence-electron chi connectivity index (χ4n) is 2.12. The average Bonchev–Trinajstić information content (AvgIpc) is 3.18. The summed E-state index contributed by atoms with van der Waals surface area (Å²) >= 11 is 1.20. The maximum Gasteiger partial charge on any atom is 0.263 e. The lowest BCUT2D eigenvalue weighted by Crippen LogP contribution is -2.25. The Hall–Kier alpha value is -1.76. The molecule has 0 bridgehead atoms. The lowest BCUT2D eigenvalue weighted by molar-refractivity contribution is 0.0955. The third-order valence-corrected chi connectivity index (χ3v) is 4.77. The second kappa shape index (κ2) is 6.34. The first kappa shape index (κ1) is 15.6. The number of nitrogens with two attached hydrogens (primary N) is 2. The predicted molar refractivity (Wildman–Crippen MR) is 85.7 cm³/mol. The second-order valence-electron chi connectivity index (χ2n) is 5.32. The van der Waals surface area contributed by atoms with Crippen LogP contribution in [0.5, 0.6) is 0 Å². The zero-order valence-electron chi connectivity index (χ0n) is 12.4. The molecule has 6 nitrogen and oxygen atoms in total. The van der Waals surface area contributed by atoms with Gasteiger partial charge in [0.1, 0.15) is 9.88 Å². The van der Waals surface area contributed by atoms with Crippen molar-refractivity contribution in [1.29, 1.82) is 0 Å². The Morgan fingerprint density at radius 2 is 1.95 bits per heavy atom. The van der Waals surface area contributed by atoms with Crippen molar-refractivity contribution in [3.8, 4) is 0 Å². The van der Waals surface area contributed by atoms with Gasteiger partial charge in [-0.05, 0) is 25.7 Å². The number of hydrogen-bond donors (Lipinski definition) is 4. The van der Waals surface area contributed by atoms with Crippen LogP contribution < -0.4 is 22.1 Å². The predicted octanol–water partition coefficient (Wildman–Crippen LogP) is 1.92. The van der Waals surface area contributed by atoms with E-state index in [2.05, 4.69) is 24.5 Å². The molecular formula is C14H22N4O2S. The van der Waals surface area contributed by atoms with Crippen molar-refractivity contribution >= 4 is 33.8 Å². The van der Waals surface area contributed by atoms with Crippen molar-refractivity contribution in [3.63, 3.8) is 0 Å². The molecule has 0 aromatic carbocycles. The van der Waals surface area contributed by atoms with E-state index in [1.807, 2.05) is 0 Å². The first-order valence-corrected chi connectivity index (χ1v) is 8.08. The zero-order chi connectivity index (χ0) is 15.6. The molecule has 116 valence electrons. The van der Waals surface area contributed by atoms with Crippen molar-refractivity contribution in [2.24, 2.45) is 5.73 Å². The summed E-state index contributed by atoms with van der Waals surface area (Å²) in [6, 6.07) is 0.465. The molecule has 0 atom stereocenters. The minimum Gasteiger partial charge on any atom is -0.397 e. The molecule has 0 spiro atoms. The fraction of sp³-hybridized carbons (Fsp3) is 0.571. The van der Waals surface area contributed by atoms with Crippen LogP contribution in [0.3, 0.4) is 0 Å². The molecular weight excluding hydrogens is 288 g/mol. The van der Waals surface area contributed by atoms with Gasteiger partial charge in [-0.15, -0.1) is 11.3 Å². The highest BCUT2D eigenvalue weighted by molar-refractivity contribution is 7.19. The Morgan fingerprint density at radius 1 is 1.33 bits per heavy atom. The summed E-state index contributed by atoms with van der Waals surface area (Å²) in [7, 11) is 0. The highest BCUT2D eigenvalue weighted by atomic mass is 32.1. The number of nitrogen functional groups attached to an aromatic ring is 1. The molecule has 1 fully saturated rings. The van der Waals surface area contributed by atoms with Crippen molar-refractivity contribution in [2.75, 3.05) is 11.1 Å². The second-order valence-corrected chi connectivity index (χ2v) is 6.34. The largest absolute Gasteiger partial charge is 0.397 e. The number of carbonyl (C=O) groups excluding carboxylic acids is 2. The summed E-state index contributed by atoms with van der Waals surface area (Å²) in [6.45, 7) is 4.12. The van der Waals surface area contributed by atoms with E-state index in [4.69, 9.17) is 11.5 Å². The van der Waals surface area contributed by atoms with Crippen molar-refractivity contribution in [2.45, 2.75) is 51.6 Å². The van der Waals surface area contributed by atoms with Gasteiger partial charge in [0.25, 0.3) is 11.8 Å². The van der Waals surface area contributed by atoms with E-state index in [0.717, 1.165) is 25.7 Å². The topological polar surface area (TPSA) is 110 Å². The molecule has 0 saturated heterocycles. The minimum atomic E-state index is -0.609. The number of hydrogen-bond acceptors (Lipinski definition) is 5. The third-order valence-electron chi connectivity index (χ3n) is 3.63. The van der Waals surface area contributed by atoms with Crippen molar-refractivity contribution in [3.05, 3.63) is 10.4 Å². The Labute approximate surface area is 128 Å². The number of thiophene rings is 1. The van der Waals surface area contributed by atoms with E-state index in [-0.39, 0.29) is 29.2 Å². The average molecular weight is 310 g/mol. The van der Waals surface area contributed by atoms with E-state index in [1.54, 1.807) is 0 Å². The normalized spacial score (nSPS) is 14.2. The van der Waals surface area contributed by atoms with Crippen LogP contribution in [0, 0.1) is 0 Å². The molecule has 0 radical (unpaired) electrons. The van der Waals surface area contributed by atoms with Gasteiger partial charge in [-0.3, -0.25) is 9.59 Å². The SMILES string of the molecule is CCC(CC)Nc1sc(C(=O)NC2CC2)c(N)c1C(N)=O. The van der Waals surface area contributed by atoms with Gasteiger partial charge in [-0.2, -0.15) is 0 Å². The van der Waals surface area contributed by atoms with Crippen LogP contribution >= 0.6 is 11.3 Å². The Kier molecular flexibility index (Phi) is 4.72. The monoisotopic (exact) mass is 310 g/mol.